The first-order valence-electron chi connectivity index (χ1n) is 8.48. The van der Waals surface area contributed by atoms with Crippen LogP contribution in [-0.2, 0) is 17.6 Å². The second-order valence-corrected chi connectivity index (χ2v) is 7.27. The molecule has 0 saturated heterocycles. The molecule has 4 heterocycles. The summed E-state index contributed by atoms with van der Waals surface area (Å²) in [6.07, 6.45) is 4.48. The highest BCUT2D eigenvalue weighted by Crippen LogP contribution is 2.36. The lowest BCUT2D eigenvalue weighted by Gasteiger charge is -2.33. The van der Waals surface area contributed by atoms with Crippen LogP contribution in [0.15, 0.2) is 52.7 Å². The Bertz CT molecular complexity index is 1030. The molecule has 0 fully saturated rings. The maximum Gasteiger partial charge on any atom is 0.230 e. The maximum absolute atomic E-state index is 13.0. The molecule has 6 nitrogen and oxygen atoms in total. The lowest BCUT2D eigenvalue weighted by Crippen LogP contribution is -2.41. The van der Waals surface area contributed by atoms with Crippen LogP contribution in [0.1, 0.15) is 28.2 Å². The first-order chi connectivity index (χ1) is 12.8. The normalized spacial score (nSPS) is 16.8. The minimum atomic E-state index is -0.315. The zero-order valence-corrected chi connectivity index (χ0v) is 14.7. The Labute approximate surface area is 153 Å². The average molecular weight is 364 g/mol. The SMILES string of the molecule is O=C(Cc1nccs1)N1CCc2[nH]cnc2[C@H]1c1cc2ccccc2o1. The summed E-state index contributed by atoms with van der Waals surface area (Å²) in [6.45, 7) is 0.626. The van der Waals surface area contributed by atoms with Gasteiger partial charge >= 0.3 is 0 Å². The molecule has 1 amide bonds. The third-order valence-corrected chi connectivity index (χ3v) is 5.52. The van der Waals surface area contributed by atoms with Crippen molar-refractivity contribution in [2.45, 2.75) is 18.9 Å². The standard InChI is InChI=1S/C19H16N4O2S/c24-17(10-16-20-6-8-26-16)23-7-5-13-18(22-11-21-13)19(23)15-9-12-3-1-2-4-14(12)25-15/h1-4,6,8-9,11,19H,5,7,10H2,(H,21,22)/t19-/m1/s1. The molecule has 0 aliphatic carbocycles. The predicted molar refractivity (Wildman–Crippen MR) is 97.9 cm³/mol. The van der Waals surface area contributed by atoms with Gasteiger partial charge in [-0.25, -0.2) is 9.97 Å². The summed E-state index contributed by atoms with van der Waals surface area (Å²) in [6, 6.07) is 9.57. The second-order valence-electron chi connectivity index (χ2n) is 6.30. The molecule has 0 radical (unpaired) electrons. The molecule has 1 atom stereocenters. The molecule has 0 spiro atoms. The van der Waals surface area contributed by atoms with Gasteiger partial charge in [0.2, 0.25) is 5.91 Å². The van der Waals surface area contributed by atoms with E-state index in [1.54, 1.807) is 12.5 Å². The van der Waals surface area contributed by atoms with Gasteiger partial charge in [-0.2, -0.15) is 0 Å². The summed E-state index contributed by atoms with van der Waals surface area (Å²) in [4.78, 5) is 26.8. The molecule has 0 bridgehead atoms. The fraction of sp³-hybridized carbons (Fsp3) is 0.211. The molecule has 4 aromatic rings. The van der Waals surface area contributed by atoms with E-state index in [4.69, 9.17) is 4.42 Å². The molecule has 7 heteroatoms. The number of nitrogens with one attached hydrogen (secondary N) is 1. The van der Waals surface area contributed by atoms with Crippen LogP contribution in [0.25, 0.3) is 11.0 Å². The van der Waals surface area contributed by atoms with Crippen LogP contribution in [0.4, 0.5) is 0 Å². The van der Waals surface area contributed by atoms with E-state index >= 15 is 0 Å². The van der Waals surface area contributed by atoms with Gasteiger partial charge in [-0.05, 0) is 12.1 Å². The molecular formula is C19H16N4O2S. The molecule has 0 saturated carbocycles. The number of carbonyl (C=O) groups excluding carboxylic acids is 1. The molecular weight excluding hydrogens is 348 g/mol. The van der Waals surface area contributed by atoms with Crippen molar-refractivity contribution < 1.29 is 9.21 Å². The van der Waals surface area contributed by atoms with Gasteiger partial charge in [0.1, 0.15) is 22.4 Å². The lowest BCUT2D eigenvalue weighted by atomic mass is 10.00. The number of aromatic nitrogens is 3. The van der Waals surface area contributed by atoms with Gasteiger partial charge in [0.25, 0.3) is 0 Å². The number of amides is 1. The highest BCUT2D eigenvalue weighted by molar-refractivity contribution is 7.09. The number of para-hydroxylation sites is 1. The quantitative estimate of drug-likeness (QED) is 0.605. The Hall–Kier alpha value is -2.93. The Balaban J connectivity index is 1.56. The molecule has 1 N–H and O–H groups in total. The van der Waals surface area contributed by atoms with Crippen molar-refractivity contribution in [3.63, 3.8) is 0 Å². The molecule has 1 aromatic carbocycles. The Kier molecular flexibility index (Phi) is 3.60. The fourth-order valence-corrected chi connectivity index (χ4v) is 4.15. The zero-order chi connectivity index (χ0) is 17.5. The lowest BCUT2D eigenvalue weighted by molar-refractivity contribution is -0.133. The van der Waals surface area contributed by atoms with Crippen molar-refractivity contribution in [2.24, 2.45) is 0 Å². The summed E-state index contributed by atoms with van der Waals surface area (Å²) < 4.78 is 6.09. The monoisotopic (exact) mass is 364 g/mol. The third kappa shape index (κ3) is 2.52. The fourth-order valence-electron chi connectivity index (χ4n) is 3.54. The number of hydrogen-bond acceptors (Lipinski definition) is 5. The third-order valence-electron chi connectivity index (χ3n) is 4.75. The van der Waals surface area contributed by atoms with Crippen LogP contribution in [0.3, 0.4) is 0 Å². The number of nitrogens with zero attached hydrogens (tertiary/aromatic N) is 3. The first kappa shape index (κ1) is 15.3. The van der Waals surface area contributed by atoms with E-state index in [0.29, 0.717) is 13.0 Å². The van der Waals surface area contributed by atoms with Gasteiger partial charge < -0.3 is 14.3 Å². The molecule has 3 aromatic heterocycles. The summed E-state index contributed by atoms with van der Waals surface area (Å²) in [5, 5.41) is 3.74. The van der Waals surface area contributed by atoms with Gasteiger partial charge in [-0.3, -0.25) is 4.79 Å². The van der Waals surface area contributed by atoms with E-state index in [-0.39, 0.29) is 11.9 Å². The van der Waals surface area contributed by atoms with Crippen LogP contribution in [0.2, 0.25) is 0 Å². The zero-order valence-electron chi connectivity index (χ0n) is 13.9. The molecule has 5 rings (SSSR count). The van der Waals surface area contributed by atoms with E-state index in [2.05, 4.69) is 15.0 Å². The summed E-state index contributed by atoms with van der Waals surface area (Å²) in [5.41, 5.74) is 2.74. The largest absolute Gasteiger partial charge is 0.458 e. The van der Waals surface area contributed by atoms with Gasteiger partial charge in [0, 0.05) is 35.6 Å². The summed E-state index contributed by atoms with van der Waals surface area (Å²) >= 11 is 1.50. The van der Waals surface area contributed by atoms with Crippen molar-refractivity contribution in [2.75, 3.05) is 6.54 Å². The van der Waals surface area contributed by atoms with Crippen LogP contribution < -0.4 is 0 Å². The molecule has 1 aliphatic rings. The number of aromatic amines is 1. The van der Waals surface area contributed by atoms with E-state index in [0.717, 1.165) is 39.5 Å². The number of carbonyl (C=O) groups is 1. The molecule has 130 valence electrons. The Morgan fingerprint density at radius 2 is 2.27 bits per heavy atom. The summed E-state index contributed by atoms with van der Waals surface area (Å²) in [5.74, 6) is 0.783. The second kappa shape index (κ2) is 6.10. The van der Waals surface area contributed by atoms with Gasteiger partial charge in [-0.1, -0.05) is 18.2 Å². The highest BCUT2D eigenvalue weighted by Gasteiger charge is 2.36. The smallest absolute Gasteiger partial charge is 0.230 e. The Morgan fingerprint density at radius 1 is 1.35 bits per heavy atom. The highest BCUT2D eigenvalue weighted by atomic mass is 32.1. The number of thiazole rings is 1. The number of rotatable bonds is 3. The topological polar surface area (TPSA) is 75.0 Å². The van der Waals surface area contributed by atoms with E-state index in [1.165, 1.54) is 11.3 Å². The maximum atomic E-state index is 13.0. The number of imidazole rings is 1. The van der Waals surface area contributed by atoms with E-state index < -0.39 is 0 Å². The number of benzene rings is 1. The first-order valence-corrected chi connectivity index (χ1v) is 9.36. The van der Waals surface area contributed by atoms with E-state index in [9.17, 15) is 4.79 Å². The van der Waals surface area contributed by atoms with Crippen molar-refractivity contribution >= 4 is 28.2 Å². The van der Waals surface area contributed by atoms with Crippen LogP contribution in [0, 0.1) is 0 Å². The van der Waals surface area contributed by atoms with Crippen molar-refractivity contribution in [1.29, 1.82) is 0 Å². The van der Waals surface area contributed by atoms with Crippen LogP contribution >= 0.6 is 11.3 Å². The van der Waals surface area contributed by atoms with Crippen LogP contribution in [-0.4, -0.2) is 32.3 Å². The minimum absolute atomic E-state index is 0.0408. The van der Waals surface area contributed by atoms with Gasteiger partial charge in [-0.15, -0.1) is 11.3 Å². The van der Waals surface area contributed by atoms with Crippen molar-refractivity contribution in [1.82, 2.24) is 19.9 Å². The van der Waals surface area contributed by atoms with Gasteiger partial charge in [0.05, 0.1) is 18.4 Å². The molecule has 0 unspecified atom stereocenters. The minimum Gasteiger partial charge on any atom is -0.458 e. The number of H-pyrrole nitrogens is 1. The van der Waals surface area contributed by atoms with Crippen molar-refractivity contribution in [3.8, 4) is 0 Å². The molecule has 26 heavy (non-hydrogen) atoms. The Morgan fingerprint density at radius 3 is 3.12 bits per heavy atom. The molecule has 1 aliphatic heterocycles. The number of hydrogen-bond donors (Lipinski definition) is 1. The van der Waals surface area contributed by atoms with E-state index in [1.807, 2.05) is 40.6 Å². The number of furan rings is 1. The van der Waals surface area contributed by atoms with Crippen LogP contribution in [0.5, 0.6) is 0 Å². The average Bonchev–Trinajstić information content (AvgIpc) is 3.40. The van der Waals surface area contributed by atoms with Gasteiger partial charge in [0.15, 0.2) is 0 Å². The predicted octanol–water partition coefficient (Wildman–Crippen LogP) is 3.33. The number of fused-ring (bicyclic) bond motifs is 2. The summed E-state index contributed by atoms with van der Waals surface area (Å²) in [7, 11) is 0. The van der Waals surface area contributed by atoms with Crippen molar-refractivity contribution in [3.05, 3.63) is 70.4 Å².